The first kappa shape index (κ1) is 24.7. The number of aliphatic hydroxyl groups excluding tert-OH is 2. The van der Waals surface area contributed by atoms with Gasteiger partial charge in [-0.25, -0.2) is 4.68 Å². The van der Waals surface area contributed by atoms with Crippen LogP contribution in [0.3, 0.4) is 0 Å². The molecule has 2 heterocycles. The number of aromatic nitrogens is 2. The van der Waals surface area contributed by atoms with Gasteiger partial charge in [-0.05, 0) is 35.9 Å². The normalized spacial score (nSPS) is 26.2. The number of aliphatic hydroxyl groups is 2. The Labute approximate surface area is 210 Å². The van der Waals surface area contributed by atoms with Crippen LogP contribution in [0.5, 0.6) is 5.88 Å². The molecule has 36 heavy (non-hydrogen) atoms. The zero-order valence-electron chi connectivity index (χ0n) is 19.7. The molecule has 0 bridgehead atoms. The van der Waals surface area contributed by atoms with Crippen molar-refractivity contribution >= 4 is 17.3 Å². The van der Waals surface area contributed by atoms with Crippen LogP contribution >= 0.6 is 11.6 Å². The van der Waals surface area contributed by atoms with Crippen LogP contribution in [0.15, 0.2) is 60.3 Å². The Morgan fingerprint density at radius 3 is 2.31 bits per heavy atom. The molecule has 190 valence electrons. The molecule has 1 aliphatic carbocycles. The molecule has 6 nitrogen and oxygen atoms in total. The first-order valence-corrected chi connectivity index (χ1v) is 11.8. The van der Waals surface area contributed by atoms with Crippen molar-refractivity contribution < 1.29 is 28.5 Å². The molecule has 3 N–H and O–H groups in total. The lowest BCUT2D eigenvalue weighted by atomic mass is 9.64. The zero-order chi connectivity index (χ0) is 26.2. The number of aromatic hydroxyl groups is 1. The molecule has 1 aromatic heterocycles. The van der Waals surface area contributed by atoms with Crippen molar-refractivity contribution in [2.75, 3.05) is 11.9 Å². The second kappa shape index (κ2) is 8.26. The molecule has 5 rings (SSSR count). The molecule has 10 heteroatoms. The van der Waals surface area contributed by atoms with Crippen LogP contribution in [-0.4, -0.2) is 44.4 Å². The molecule has 2 atom stereocenters. The molecular formula is C26H25ClF3N3O3. The number of anilines is 1. The van der Waals surface area contributed by atoms with Crippen LogP contribution in [0.2, 0.25) is 5.02 Å². The van der Waals surface area contributed by atoms with Gasteiger partial charge in [0.25, 0.3) is 0 Å². The Bertz CT molecular complexity index is 1340. The minimum atomic E-state index is -4.90. The maximum Gasteiger partial charge on any atom is 0.435 e. The van der Waals surface area contributed by atoms with Gasteiger partial charge in [0.15, 0.2) is 5.69 Å². The highest BCUT2D eigenvalue weighted by Crippen LogP contribution is 2.53. The molecule has 1 saturated carbocycles. The fraction of sp³-hybridized carbons (Fsp3) is 0.346. The van der Waals surface area contributed by atoms with Crippen molar-refractivity contribution in [1.82, 2.24) is 9.78 Å². The minimum absolute atomic E-state index is 0.222. The lowest BCUT2D eigenvalue weighted by Crippen LogP contribution is -2.53. The van der Waals surface area contributed by atoms with Gasteiger partial charge in [0.1, 0.15) is 0 Å². The van der Waals surface area contributed by atoms with E-state index in [9.17, 15) is 28.5 Å². The molecule has 0 spiro atoms. The van der Waals surface area contributed by atoms with Gasteiger partial charge in [0, 0.05) is 40.7 Å². The molecule has 1 fully saturated rings. The summed E-state index contributed by atoms with van der Waals surface area (Å²) in [5.74, 6) is -2.98. The van der Waals surface area contributed by atoms with Crippen LogP contribution in [0.25, 0.3) is 5.69 Å². The van der Waals surface area contributed by atoms with E-state index >= 15 is 0 Å². The molecule has 0 amide bonds. The lowest BCUT2D eigenvalue weighted by Gasteiger charge is -2.46. The monoisotopic (exact) mass is 519 g/mol. The van der Waals surface area contributed by atoms with Gasteiger partial charge in [-0.2, -0.15) is 18.3 Å². The van der Waals surface area contributed by atoms with Crippen molar-refractivity contribution in [2.45, 2.75) is 43.6 Å². The highest BCUT2D eigenvalue weighted by molar-refractivity contribution is 6.30. The van der Waals surface area contributed by atoms with E-state index in [-0.39, 0.29) is 5.69 Å². The van der Waals surface area contributed by atoms with Gasteiger partial charge in [0.2, 0.25) is 5.88 Å². The summed E-state index contributed by atoms with van der Waals surface area (Å²) in [6.07, 6.45) is -5.94. The lowest BCUT2D eigenvalue weighted by molar-refractivity contribution is -0.145. The number of nitrogens with zero attached hydrogens (tertiary/aromatic N) is 3. The second-order valence-electron chi connectivity index (χ2n) is 9.81. The summed E-state index contributed by atoms with van der Waals surface area (Å²) in [5.41, 5.74) is 0.410. The first-order chi connectivity index (χ1) is 16.8. The summed E-state index contributed by atoms with van der Waals surface area (Å²) >= 11 is 6.19. The van der Waals surface area contributed by atoms with E-state index in [4.69, 9.17) is 11.6 Å². The number of likely N-dealkylation sites (N-methyl/N-ethyl adjacent to an activating group) is 1. The molecule has 2 aliphatic rings. The van der Waals surface area contributed by atoms with E-state index < -0.39 is 52.8 Å². The Morgan fingerprint density at radius 1 is 1.06 bits per heavy atom. The first-order valence-electron chi connectivity index (χ1n) is 11.4. The van der Waals surface area contributed by atoms with Crippen LogP contribution in [0.4, 0.5) is 18.9 Å². The van der Waals surface area contributed by atoms with Crippen LogP contribution in [0.1, 0.15) is 36.6 Å². The van der Waals surface area contributed by atoms with Crippen molar-refractivity contribution in [2.24, 2.45) is 5.92 Å². The van der Waals surface area contributed by atoms with E-state index in [0.29, 0.717) is 5.02 Å². The maximum atomic E-state index is 13.9. The highest BCUT2D eigenvalue weighted by atomic mass is 35.5. The number of fused-ring (bicyclic) bond motifs is 1. The molecule has 2 unspecified atom stereocenters. The smallest absolute Gasteiger partial charge is 0.435 e. The summed E-state index contributed by atoms with van der Waals surface area (Å²) < 4.78 is 42.5. The van der Waals surface area contributed by atoms with Gasteiger partial charge >= 0.3 is 6.18 Å². The predicted molar refractivity (Wildman–Crippen MR) is 129 cm³/mol. The average Bonchev–Trinajstić information content (AvgIpc) is 3.24. The maximum absolute atomic E-state index is 13.9. The van der Waals surface area contributed by atoms with Crippen LogP contribution in [-0.2, 0) is 11.6 Å². The number of benzene rings is 2. The Kier molecular flexibility index (Phi) is 5.66. The summed E-state index contributed by atoms with van der Waals surface area (Å²) in [7, 11) is 1.85. The van der Waals surface area contributed by atoms with Gasteiger partial charge in [-0.3, -0.25) is 0 Å². The van der Waals surface area contributed by atoms with Crippen molar-refractivity contribution in [3.05, 3.63) is 82.1 Å². The largest absolute Gasteiger partial charge is 0.493 e. The number of para-hydroxylation sites is 1. The number of halogens is 4. The van der Waals surface area contributed by atoms with Gasteiger partial charge < -0.3 is 20.2 Å². The van der Waals surface area contributed by atoms with Gasteiger partial charge in [0.05, 0.1) is 23.5 Å². The predicted octanol–water partition coefficient (Wildman–Crippen LogP) is 5.00. The number of alkyl halides is 3. The fourth-order valence-electron chi connectivity index (χ4n) is 5.45. The number of hydrogen-bond donors (Lipinski definition) is 3. The molecular weight excluding hydrogens is 495 g/mol. The Balaban J connectivity index is 1.52. The third-order valence-corrected chi connectivity index (χ3v) is 7.60. The molecule has 2 aromatic carbocycles. The number of hydrogen-bond acceptors (Lipinski definition) is 5. The zero-order valence-corrected chi connectivity index (χ0v) is 20.5. The SMILES string of the molecule is CN1C(=CC2C(O)C(c3c(C(F)(F)F)nn(-c4ccccc4)c3O)C2O)C(C)(C)c2cc(Cl)ccc21. The van der Waals surface area contributed by atoms with Gasteiger partial charge in [-0.1, -0.05) is 49.7 Å². The number of rotatable bonds is 3. The Morgan fingerprint density at radius 2 is 1.69 bits per heavy atom. The van der Waals surface area contributed by atoms with E-state index in [1.165, 1.54) is 12.1 Å². The van der Waals surface area contributed by atoms with E-state index in [2.05, 4.69) is 5.10 Å². The van der Waals surface area contributed by atoms with Gasteiger partial charge in [-0.15, -0.1) is 0 Å². The summed E-state index contributed by atoms with van der Waals surface area (Å²) in [6, 6.07) is 13.4. The van der Waals surface area contributed by atoms with E-state index in [0.717, 1.165) is 21.6 Å². The molecule has 0 saturated heterocycles. The quantitative estimate of drug-likeness (QED) is 0.454. The standard InChI is InChI=1S/C26H25ClF3N3O3/c1-25(2)16-11-13(27)9-10-17(16)32(3)18(25)12-15-21(34)19(22(15)35)20-23(26(28,29)30)31-33(24(20)36)14-7-5-4-6-8-14/h4-12,15,19,21-22,34-36H,1-3H3. The molecule has 1 aliphatic heterocycles. The third-order valence-electron chi connectivity index (χ3n) is 7.37. The minimum Gasteiger partial charge on any atom is -0.493 e. The van der Waals surface area contributed by atoms with Crippen LogP contribution < -0.4 is 4.90 Å². The van der Waals surface area contributed by atoms with Crippen LogP contribution in [0, 0.1) is 5.92 Å². The third kappa shape index (κ3) is 3.60. The summed E-state index contributed by atoms with van der Waals surface area (Å²) in [6.45, 7) is 3.95. The molecule has 0 radical (unpaired) electrons. The van der Waals surface area contributed by atoms with Crippen molar-refractivity contribution in [3.63, 3.8) is 0 Å². The van der Waals surface area contributed by atoms with Crippen molar-refractivity contribution in [1.29, 1.82) is 0 Å². The topological polar surface area (TPSA) is 81.8 Å². The highest BCUT2D eigenvalue weighted by Gasteiger charge is 2.55. The molecule has 3 aromatic rings. The second-order valence-corrected chi connectivity index (χ2v) is 10.2. The van der Waals surface area contributed by atoms with Crippen molar-refractivity contribution in [3.8, 4) is 11.6 Å². The summed E-state index contributed by atoms with van der Waals surface area (Å²) in [4.78, 5) is 1.92. The van der Waals surface area contributed by atoms with E-state index in [1.807, 2.05) is 37.9 Å². The fourth-order valence-corrected chi connectivity index (χ4v) is 5.63. The number of allylic oxidation sites excluding steroid dienone is 1. The van der Waals surface area contributed by atoms with E-state index in [1.54, 1.807) is 30.3 Å². The summed E-state index contributed by atoms with van der Waals surface area (Å²) in [5, 5.41) is 37.0. The Hall–Kier alpha value is -3.01. The average molecular weight is 520 g/mol.